The number of methoxy groups -OCH3 is 1. The Morgan fingerprint density at radius 1 is 1.29 bits per heavy atom. The van der Waals surface area contributed by atoms with Gasteiger partial charge in [0.2, 0.25) is 0 Å². The Labute approximate surface area is 146 Å². The maximum Gasteiger partial charge on any atom is 0.333 e. The van der Waals surface area contributed by atoms with E-state index in [-0.39, 0.29) is 5.91 Å². The second-order valence-electron chi connectivity index (χ2n) is 5.51. The Morgan fingerprint density at radius 3 is 3.00 bits per heavy atom. The summed E-state index contributed by atoms with van der Waals surface area (Å²) in [7, 11) is 1.36. The molecule has 1 atom stereocenters. The summed E-state index contributed by atoms with van der Waals surface area (Å²) in [6, 6.07) is 6.68. The molecule has 0 saturated heterocycles. The Hall–Kier alpha value is -2.25. The van der Waals surface area contributed by atoms with Gasteiger partial charge in [0.1, 0.15) is 0 Å². The van der Waals surface area contributed by atoms with Crippen LogP contribution in [-0.4, -0.2) is 35.4 Å². The third kappa shape index (κ3) is 2.40. The molecule has 0 bridgehead atoms. The number of carbonyl (C=O) groups excluding carboxylic acids is 2. The van der Waals surface area contributed by atoms with E-state index in [1.54, 1.807) is 27.8 Å². The van der Waals surface area contributed by atoms with Crippen LogP contribution in [0, 0.1) is 0 Å². The Balaban J connectivity index is 1.73. The highest BCUT2D eigenvalue weighted by atomic mass is 32.1. The number of fused-ring (bicyclic) bond motifs is 2. The molecule has 7 heteroatoms. The third-order valence-corrected chi connectivity index (χ3v) is 6.02. The monoisotopic (exact) mass is 358 g/mol. The topological polar surface area (TPSA) is 59.5 Å². The first-order chi connectivity index (χ1) is 11.7. The van der Waals surface area contributed by atoms with Crippen LogP contribution in [0.25, 0.3) is 10.2 Å². The van der Waals surface area contributed by atoms with Crippen LogP contribution in [0.3, 0.4) is 0 Å². The molecule has 0 saturated carbocycles. The van der Waals surface area contributed by atoms with Crippen LogP contribution in [0.5, 0.6) is 0 Å². The fraction of sp³-hybridized carbons (Fsp3) is 0.235. The van der Waals surface area contributed by atoms with E-state index in [4.69, 9.17) is 4.74 Å². The molecule has 0 spiro atoms. The van der Waals surface area contributed by atoms with E-state index in [1.807, 2.05) is 23.6 Å². The first-order valence-corrected chi connectivity index (χ1v) is 9.23. The summed E-state index contributed by atoms with van der Waals surface area (Å²) in [5.41, 5.74) is 4.08. The number of ether oxygens (including phenoxy) is 1. The molecule has 1 aliphatic heterocycles. The minimum absolute atomic E-state index is 0.155. The second kappa shape index (κ2) is 5.99. The molecular formula is C17H14N2O3S2. The number of amides is 1. The summed E-state index contributed by atoms with van der Waals surface area (Å²) < 4.78 is 5.92. The van der Waals surface area contributed by atoms with Gasteiger partial charge >= 0.3 is 5.97 Å². The minimum Gasteiger partial charge on any atom is -0.467 e. The van der Waals surface area contributed by atoms with E-state index in [1.165, 1.54) is 18.4 Å². The normalized spacial score (nSPS) is 16.9. The van der Waals surface area contributed by atoms with Gasteiger partial charge in [0.25, 0.3) is 5.91 Å². The van der Waals surface area contributed by atoms with E-state index in [2.05, 4.69) is 4.98 Å². The van der Waals surface area contributed by atoms with Crippen LogP contribution in [0.1, 0.15) is 26.8 Å². The predicted molar refractivity (Wildman–Crippen MR) is 93.4 cm³/mol. The van der Waals surface area contributed by atoms with Gasteiger partial charge in [0.15, 0.2) is 6.04 Å². The quantitative estimate of drug-likeness (QED) is 0.660. The van der Waals surface area contributed by atoms with Crippen molar-refractivity contribution in [2.24, 2.45) is 0 Å². The van der Waals surface area contributed by atoms with Gasteiger partial charge < -0.3 is 9.64 Å². The molecule has 4 rings (SSSR count). The largest absolute Gasteiger partial charge is 0.467 e. The van der Waals surface area contributed by atoms with Gasteiger partial charge in [-0.25, -0.2) is 9.78 Å². The predicted octanol–water partition coefficient (Wildman–Crippen LogP) is 3.27. The zero-order valence-electron chi connectivity index (χ0n) is 12.9. The second-order valence-corrected chi connectivity index (χ2v) is 7.40. The van der Waals surface area contributed by atoms with Crippen molar-refractivity contribution in [1.82, 2.24) is 9.88 Å². The number of thiazole rings is 1. The number of thiophene rings is 1. The molecule has 1 aliphatic rings. The number of benzene rings is 1. The van der Waals surface area contributed by atoms with Crippen LogP contribution in [-0.2, 0) is 16.0 Å². The zero-order valence-corrected chi connectivity index (χ0v) is 14.5. The minimum atomic E-state index is -0.672. The lowest BCUT2D eigenvalue weighted by Gasteiger charge is -2.34. The first kappa shape index (κ1) is 15.3. The van der Waals surface area contributed by atoms with Gasteiger partial charge in [0, 0.05) is 17.0 Å². The lowest BCUT2D eigenvalue weighted by molar-refractivity contribution is -0.146. The van der Waals surface area contributed by atoms with E-state index >= 15 is 0 Å². The van der Waals surface area contributed by atoms with Crippen LogP contribution in [0.2, 0.25) is 0 Å². The first-order valence-electron chi connectivity index (χ1n) is 7.47. The SMILES string of the molecule is COC(=O)C1c2ccsc2CCN1C(=O)c1ccc2ncsc2c1. The molecule has 0 fully saturated rings. The molecular weight excluding hydrogens is 344 g/mol. The van der Waals surface area contributed by atoms with E-state index < -0.39 is 12.0 Å². The summed E-state index contributed by atoms with van der Waals surface area (Å²) in [6.07, 6.45) is 0.759. The highest BCUT2D eigenvalue weighted by molar-refractivity contribution is 7.16. The fourth-order valence-electron chi connectivity index (χ4n) is 3.05. The van der Waals surface area contributed by atoms with Crippen molar-refractivity contribution in [3.05, 3.63) is 51.2 Å². The molecule has 1 aromatic carbocycles. The van der Waals surface area contributed by atoms with Crippen molar-refractivity contribution in [3.8, 4) is 0 Å². The van der Waals surface area contributed by atoms with Crippen LogP contribution >= 0.6 is 22.7 Å². The highest BCUT2D eigenvalue weighted by Crippen LogP contribution is 2.35. The van der Waals surface area contributed by atoms with Crippen LogP contribution in [0.4, 0.5) is 0 Å². The molecule has 2 aromatic heterocycles. The van der Waals surface area contributed by atoms with Gasteiger partial charge in [-0.1, -0.05) is 0 Å². The van der Waals surface area contributed by atoms with Crippen molar-refractivity contribution < 1.29 is 14.3 Å². The third-order valence-electron chi connectivity index (χ3n) is 4.23. The number of hydrogen-bond acceptors (Lipinski definition) is 6. The molecule has 5 nitrogen and oxygen atoms in total. The maximum absolute atomic E-state index is 13.0. The molecule has 3 aromatic rings. The molecule has 0 N–H and O–H groups in total. The van der Waals surface area contributed by atoms with Crippen LogP contribution in [0.15, 0.2) is 35.2 Å². The van der Waals surface area contributed by atoms with Gasteiger partial charge in [-0.3, -0.25) is 4.79 Å². The number of carbonyl (C=O) groups is 2. The summed E-state index contributed by atoms with van der Waals surface area (Å²) in [6.45, 7) is 0.507. The Kier molecular flexibility index (Phi) is 3.82. The molecule has 3 heterocycles. The lowest BCUT2D eigenvalue weighted by atomic mass is 9.98. The van der Waals surface area contributed by atoms with E-state index in [0.29, 0.717) is 12.1 Å². The number of esters is 1. The average Bonchev–Trinajstić information content (AvgIpc) is 3.27. The Morgan fingerprint density at radius 2 is 2.17 bits per heavy atom. The number of hydrogen-bond donors (Lipinski definition) is 0. The fourth-order valence-corrected chi connectivity index (χ4v) is 4.68. The van der Waals surface area contributed by atoms with Gasteiger partial charge in [-0.2, -0.15) is 0 Å². The molecule has 24 heavy (non-hydrogen) atoms. The van der Waals surface area contributed by atoms with Crippen molar-refractivity contribution in [2.75, 3.05) is 13.7 Å². The van der Waals surface area contributed by atoms with Crippen LogP contribution < -0.4 is 0 Å². The summed E-state index contributed by atoms with van der Waals surface area (Å²) in [4.78, 5) is 32.4. The lowest BCUT2D eigenvalue weighted by Crippen LogP contribution is -2.43. The molecule has 1 amide bonds. The smallest absolute Gasteiger partial charge is 0.333 e. The Bertz CT molecular complexity index is 931. The van der Waals surface area contributed by atoms with Crippen molar-refractivity contribution in [2.45, 2.75) is 12.5 Å². The highest BCUT2D eigenvalue weighted by Gasteiger charge is 2.37. The maximum atomic E-state index is 13.0. The van der Waals surface area contributed by atoms with Gasteiger partial charge in [0.05, 0.1) is 22.8 Å². The summed E-state index contributed by atoms with van der Waals surface area (Å²) in [5.74, 6) is -0.556. The molecule has 0 radical (unpaired) electrons. The number of aromatic nitrogens is 1. The van der Waals surface area contributed by atoms with Crippen molar-refractivity contribution in [1.29, 1.82) is 0 Å². The van der Waals surface area contributed by atoms with E-state index in [0.717, 1.165) is 27.1 Å². The zero-order chi connectivity index (χ0) is 16.7. The number of nitrogens with zero attached hydrogens (tertiary/aromatic N) is 2. The van der Waals surface area contributed by atoms with Crippen molar-refractivity contribution in [3.63, 3.8) is 0 Å². The molecule has 1 unspecified atom stereocenters. The van der Waals surface area contributed by atoms with Gasteiger partial charge in [-0.15, -0.1) is 22.7 Å². The summed E-state index contributed by atoms with van der Waals surface area (Å²) in [5, 5.41) is 1.96. The summed E-state index contributed by atoms with van der Waals surface area (Å²) >= 11 is 3.11. The molecule has 0 aliphatic carbocycles. The van der Waals surface area contributed by atoms with Crippen molar-refractivity contribution >= 4 is 44.8 Å². The number of rotatable bonds is 2. The standard InChI is InChI=1S/C17H14N2O3S2/c1-22-17(21)15-11-5-7-23-13(11)4-6-19(15)16(20)10-2-3-12-14(8-10)24-9-18-12/h2-3,5,7-9,15H,4,6H2,1H3. The molecule has 122 valence electrons. The van der Waals surface area contributed by atoms with E-state index in [9.17, 15) is 9.59 Å². The van der Waals surface area contributed by atoms with Gasteiger partial charge in [-0.05, 0) is 41.6 Å². The average molecular weight is 358 g/mol.